The zero-order chi connectivity index (χ0) is 11.8. The van der Waals surface area contributed by atoms with Crippen LogP contribution in [0.25, 0.3) is 16.7 Å². The van der Waals surface area contributed by atoms with Crippen LogP contribution in [0.15, 0.2) is 35.5 Å². The van der Waals surface area contributed by atoms with Gasteiger partial charge in [-0.15, -0.1) is 0 Å². The molecule has 0 aliphatic carbocycles. The minimum absolute atomic E-state index is 0.135. The number of fused-ring (bicyclic) bond motifs is 1. The number of rotatable bonds is 1. The lowest BCUT2D eigenvalue weighted by Gasteiger charge is -2.03. The lowest BCUT2D eigenvalue weighted by Crippen LogP contribution is -2.05. The third-order valence-corrected chi connectivity index (χ3v) is 2.45. The van der Waals surface area contributed by atoms with Gasteiger partial charge in [-0.3, -0.25) is 4.79 Å². The molecule has 0 radical (unpaired) electrons. The molecule has 0 aromatic carbocycles. The molecule has 0 unspecified atom stereocenters. The average molecular weight is 227 g/mol. The number of nitrogens with one attached hydrogen (secondary N) is 1. The highest BCUT2D eigenvalue weighted by Crippen LogP contribution is 2.15. The topological polar surface area (TPSA) is 76.5 Å². The third kappa shape index (κ3) is 1.59. The van der Waals surface area contributed by atoms with Crippen molar-refractivity contribution < 1.29 is 0 Å². The summed E-state index contributed by atoms with van der Waals surface area (Å²) in [6.07, 6.45) is 3.23. The fourth-order valence-corrected chi connectivity index (χ4v) is 1.70. The molecule has 0 aliphatic rings. The Balaban J connectivity index is 2.33. The summed E-state index contributed by atoms with van der Waals surface area (Å²) < 4.78 is 1.59. The van der Waals surface area contributed by atoms with Gasteiger partial charge in [-0.25, -0.2) is 14.6 Å². The van der Waals surface area contributed by atoms with Gasteiger partial charge in [-0.1, -0.05) is 0 Å². The largest absolute Gasteiger partial charge is 0.322 e. The van der Waals surface area contributed by atoms with Crippen LogP contribution >= 0.6 is 0 Å². The number of hydrogen-bond acceptors (Lipinski definition) is 4. The van der Waals surface area contributed by atoms with E-state index in [4.69, 9.17) is 0 Å². The standard InChI is InChI=1S/C11H9N5O/c1-7-13-6-16(15-7)11-8-2-3-10(17)14-9(8)4-5-12-11/h2-6H,1H3,(H,14,17). The molecule has 0 fully saturated rings. The number of nitrogens with zero attached hydrogens (tertiary/aromatic N) is 4. The Labute approximate surface area is 96.0 Å². The van der Waals surface area contributed by atoms with Crippen LogP contribution in [0.5, 0.6) is 0 Å². The minimum atomic E-state index is -0.135. The van der Waals surface area contributed by atoms with E-state index in [-0.39, 0.29) is 5.56 Å². The molecule has 6 nitrogen and oxygen atoms in total. The van der Waals surface area contributed by atoms with Crippen molar-refractivity contribution in [3.05, 3.63) is 46.9 Å². The first-order valence-electron chi connectivity index (χ1n) is 5.11. The van der Waals surface area contributed by atoms with E-state index in [1.54, 1.807) is 29.3 Å². The molecule has 3 heterocycles. The molecule has 17 heavy (non-hydrogen) atoms. The Hall–Kier alpha value is -2.50. The fourth-order valence-electron chi connectivity index (χ4n) is 1.70. The Kier molecular flexibility index (Phi) is 2.01. The van der Waals surface area contributed by atoms with E-state index >= 15 is 0 Å². The van der Waals surface area contributed by atoms with E-state index in [0.717, 1.165) is 10.9 Å². The van der Waals surface area contributed by atoms with E-state index in [9.17, 15) is 4.79 Å². The van der Waals surface area contributed by atoms with Crippen LogP contribution in [-0.2, 0) is 0 Å². The maximum atomic E-state index is 11.2. The molecule has 84 valence electrons. The van der Waals surface area contributed by atoms with Crippen LogP contribution in [0.4, 0.5) is 0 Å². The first-order chi connectivity index (χ1) is 8.24. The van der Waals surface area contributed by atoms with Gasteiger partial charge < -0.3 is 4.98 Å². The van der Waals surface area contributed by atoms with E-state index in [1.165, 1.54) is 6.07 Å². The summed E-state index contributed by atoms with van der Waals surface area (Å²) in [7, 11) is 0. The number of hydrogen-bond donors (Lipinski definition) is 1. The van der Waals surface area contributed by atoms with Gasteiger partial charge in [0, 0.05) is 17.6 Å². The normalized spacial score (nSPS) is 10.9. The number of pyridine rings is 2. The molecule has 0 bridgehead atoms. The molecule has 3 aromatic rings. The SMILES string of the molecule is Cc1ncn(-c2nccc3[nH]c(=O)ccc23)n1. The van der Waals surface area contributed by atoms with Gasteiger partial charge in [0.15, 0.2) is 5.82 Å². The highest BCUT2D eigenvalue weighted by molar-refractivity contribution is 5.84. The highest BCUT2D eigenvalue weighted by Gasteiger charge is 2.06. The van der Waals surface area contributed by atoms with Crippen LogP contribution < -0.4 is 5.56 Å². The second-order valence-electron chi connectivity index (χ2n) is 3.65. The van der Waals surface area contributed by atoms with Crippen molar-refractivity contribution in [3.8, 4) is 5.82 Å². The molecule has 0 aliphatic heterocycles. The number of aromatic amines is 1. The van der Waals surface area contributed by atoms with E-state index in [1.807, 2.05) is 6.92 Å². The van der Waals surface area contributed by atoms with Gasteiger partial charge in [0.25, 0.3) is 0 Å². The zero-order valence-electron chi connectivity index (χ0n) is 9.08. The van der Waals surface area contributed by atoms with Crippen molar-refractivity contribution >= 4 is 10.9 Å². The Morgan fingerprint density at radius 1 is 1.24 bits per heavy atom. The minimum Gasteiger partial charge on any atom is -0.322 e. The van der Waals surface area contributed by atoms with Crippen LogP contribution in [0.2, 0.25) is 0 Å². The van der Waals surface area contributed by atoms with Crippen LogP contribution in [0.3, 0.4) is 0 Å². The highest BCUT2D eigenvalue weighted by atomic mass is 16.1. The third-order valence-electron chi connectivity index (χ3n) is 2.45. The van der Waals surface area contributed by atoms with Gasteiger partial charge >= 0.3 is 0 Å². The summed E-state index contributed by atoms with van der Waals surface area (Å²) in [6, 6.07) is 4.95. The smallest absolute Gasteiger partial charge is 0.248 e. The molecule has 6 heteroatoms. The van der Waals surface area contributed by atoms with Crippen LogP contribution in [0.1, 0.15) is 5.82 Å². The number of aromatic nitrogens is 5. The Bertz CT molecular complexity index is 743. The van der Waals surface area contributed by atoms with E-state index < -0.39 is 0 Å². The molecular weight excluding hydrogens is 218 g/mol. The molecule has 0 spiro atoms. The molecule has 0 saturated heterocycles. The first kappa shape index (κ1) is 9.71. The molecule has 0 atom stereocenters. The molecule has 1 N–H and O–H groups in total. The number of aryl methyl sites for hydroxylation is 1. The first-order valence-corrected chi connectivity index (χ1v) is 5.11. The van der Waals surface area contributed by atoms with Crippen molar-refractivity contribution in [2.75, 3.05) is 0 Å². The fraction of sp³-hybridized carbons (Fsp3) is 0.0909. The summed E-state index contributed by atoms with van der Waals surface area (Å²) in [6.45, 7) is 1.81. The van der Waals surface area contributed by atoms with Gasteiger partial charge in [-0.05, 0) is 19.1 Å². The van der Waals surface area contributed by atoms with Crippen molar-refractivity contribution in [3.63, 3.8) is 0 Å². The van der Waals surface area contributed by atoms with Gasteiger partial charge in [0.05, 0.1) is 5.52 Å². The van der Waals surface area contributed by atoms with Crippen molar-refractivity contribution in [1.29, 1.82) is 0 Å². The van der Waals surface area contributed by atoms with Crippen molar-refractivity contribution in [2.24, 2.45) is 0 Å². The predicted molar refractivity (Wildman–Crippen MR) is 62.0 cm³/mol. The molecular formula is C11H9N5O. The zero-order valence-corrected chi connectivity index (χ0v) is 9.08. The van der Waals surface area contributed by atoms with Gasteiger partial charge in [-0.2, -0.15) is 5.10 Å². The van der Waals surface area contributed by atoms with Crippen molar-refractivity contribution in [2.45, 2.75) is 6.92 Å². The maximum Gasteiger partial charge on any atom is 0.248 e. The van der Waals surface area contributed by atoms with Crippen LogP contribution in [0, 0.1) is 6.92 Å². The quantitative estimate of drug-likeness (QED) is 0.667. The van der Waals surface area contributed by atoms with E-state index in [0.29, 0.717) is 11.6 Å². The average Bonchev–Trinajstić information content (AvgIpc) is 2.74. The predicted octanol–water partition coefficient (Wildman–Crippen LogP) is 0.812. The number of H-pyrrole nitrogens is 1. The molecule has 3 rings (SSSR count). The molecule has 0 amide bonds. The van der Waals surface area contributed by atoms with E-state index in [2.05, 4.69) is 20.1 Å². The summed E-state index contributed by atoms with van der Waals surface area (Å²) in [5, 5.41) is 5.04. The summed E-state index contributed by atoms with van der Waals surface area (Å²) in [4.78, 5) is 22.3. The Morgan fingerprint density at radius 3 is 2.88 bits per heavy atom. The summed E-state index contributed by atoms with van der Waals surface area (Å²) >= 11 is 0. The molecule has 0 saturated carbocycles. The molecule has 3 aromatic heterocycles. The Morgan fingerprint density at radius 2 is 2.12 bits per heavy atom. The lowest BCUT2D eigenvalue weighted by atomic mass is 10.2. The maximum absolute atomic E-state index is 11.2. The summed E-state index contributed by atoms with van der Waals surface area (Å²) in [5.74, 6) is 1.33. The lowest BCUT2D eigenvalue weighted by molar-refractivity contribution is 0.840. The second-order valence-corrected chi connectivity index (χ2v) is 3.65. The van der Waals surface area contributed by atoms with Crippen LogP contribution in [-0.4, -0.2) is 24.7 Å². The van der Waals surface area contributed by atoms with Gasteiger partial charge in [0.2, 0.25) is 5.56 Å². The second kappa shape index (κ2) is 3.51. The summed E-state index contributed by atoms with van der Waals surface area (Å²) in [5.41, 5.74) is 0.597. The van der Waals surface area contributed by atoms with Crippen molar-refractivity contribution in [1.82, 2.24) is 24.7 Å². The monoisotopic (exact) mass is 227 g/mol. The van der Waals surface area contributed by atoms with Gasteiger partial charge in [0.1, 0.15) is 12.2 Å².